The van der Waals surface area contributed by atoms with E-state index in [0.717, 1.165) is 31.1 Å². The highest BCUT2D eigenvalue weighted by Crippen LogP contribution is 2.22. The van der Waals surface area contributed by atoms with E-state index in [4.69, 9.17) is 0 Å². The average molecular weight is 233 g/mol. The monoisotopic (exact) mass is 233 g/mol. The lowest BCUT2D eigenvalue weighted by Gasteiger charge is -2.20. The predicted molar refractivity (Wildman–Crippen MR) is 71.0 cm³/mol. The second-order valence-corrected chi connectivity index (χ2v) is 5.25. The Kier molecular flexibility index (Phi) is 4.19. The van der Waals surface area contributed by atoms with Crippen molar-refractivity contribution in [1.29, 1.82) is 0 Å². The van der Waals surface area contributed by atoms with Gasteiger partial charge in [0.25, 0.3) is 0 Å². The summed E-state index contributed by atoms with van der Waals surface area (Å²) >= 11 is 0. The number of aliphatic hydroxyl groups is 1. The van der Waals surface area contributed by atoms with Crippen LogP contribution in [0.2, 0.25) is 0 Å². The summed E-state index contributed by atoms with van der Waals surface area (Å²) in [6.45, 7) is 7.40. The highest BCUT2D eigenvalue weighted by atomic mass is 16.3. The quantitative estimate of drug-likeness (QED) is 0.864. The zero-order valence-electron chi connectivity index (χ0n) is 10.9. The van der Waals surface area contributed by atoms with Crippen LogP contribution in [0.25, 0.3) is 0 Å². The van der Waals surface area contributed by atoms with Gasteiger partial charge in [-0.2, -0.15) is 0 Å². The molecule has 2 atom stereocenters. The van der Waals surface area contributed by atoms with Crippen LogP contribution in [0.5, 0.6) is 0 Å². The van der Waals surface area contributed by atoms with E-state index in [0.29, 0.717) is 0 Å². The third-order valence-electron chi connectivity index (χ3n) is 3.84. The molecule has 0 amide bonds. The third-order valence-corrected chi connectivity index (χ3v) is 3.84. The molecule has 2 unspecified atom stereocenters. The van der Waals surface area contributed by atoms with E-state index < -0.39 is 0 Å². The molecule has 0 spiro atoms. The first-order valence-corrected chi connectivity index (χ1v) is 6.66. The zero-order chi connectivity index (χ0) is 12.3. The van der Waals surface area contributed by atoms with Crippen LogP contribution in [0, 0.1) is 12.8 Å². The minimum absolute atomic E-state index is 0.341. The lowest BCUT2D eigenvalue weighted by atomic mass is 10.1. The fourth-order valence-corrected chi connectivity index (χ4v) is 2.55. The summed E-state index contributed by atoms with van der Waals surface area (Å²) in [7, 11) is 0. The number of hydrogen-bond donors (Lipinski definition) is 1. The second-order valence-electron chi connectivity index (χ2n) is 5.25. The maximum absolute atomic E-state index is 10.2. The summed E-state index contributed by atoms with van der Waals surface area (Å²) in [4.78, 5) is 2.39. The molecule has 1 aliphatic rings. The summed E-state index contributed by atoms with van der Waals surface area (Å²) in [6, 6.07) is 8.20. The van der Waals surface area contributed by atoms with Crippen molar-refractivity contribution in [1.82, 2.24) is 4.90 Å². The van der Waals surface area contributed by atoms with Crippen LogP contribution in [0.4, 0.5) is 0 Å². The number of benzene rings is 1. The molecule has 1 aromatic rings. The molecular weight excluding hydrogens is 210 g/mol. The van der Waals surface area contributed by atoms with E-state index >= 15 is 0 Å². The summed E-state index contributed by atoms with van der Waals surface area (Å²) in [5, 5.41) is 10.2. The van der Waals surface area contributed by atoms with Gasteiger partial charge >= 0.3 is 0 Å². The predicted octanol–water partition coefficient (Wildman–Crippen LogP) is 2.76. The molecule has 0 radical (unpaired) electrons. The maximum Gasteiger partial charge on any atom is 0.0916 e. The summed E-state index contributed by atoms with van der Waals surface area (Å²) < 4.78 is 0. The van der Waals surface area contributed by atoms with E-state index in [9.17, 15) is 5.11 Å². The molecule has 0 aliphatic carbocycles. The Balaban J connectivity index is 1.89. The molecule has 1 fully saturated rings. The van der Waals surface area contributed by atoms with Gasteiger partial charge in [0.1, 0.15) is 0 Å². The topological polar surface area (TPSA) is 23.5 Å². The molecule has 1 aliphatic heterocycles. The van der Waals surface area contributed by atoms with Crippen molar-refractivity contribution >= 4 is 0 Å². The number of hydrogen-bond acceptors (Lipinski definition) is 2. The maximum atomic E-state index is 10.2. The van der Waals surface area contributed by atoms with Crippen LogP contribution in [0.15, 0.2) is 24.3 Å². The minimum atomic E-state index is -0.341. The molecule has 0 aromatic heterocycles. The van der Waals surface area contributed by atoms with Crippen LogP contribution in [-0.4, -0.2) is 29.6 Å². The minimum Gasteiger partial charge on any atom is -0.387 e. The molecule has 1 heterocycles. The normalized spacial score (nSPS) is 22.9. The fraction of sp³-hybridized carbons (Fsp3) is 0.600. The molecule has 1 saturated heterocycles. The van der Waals surface area contributed by atoms with Crippen LogP contribution < -0.4 is 0 Å². The van der Waals surface area contributed by atoms with Crippen molar-refractivity contribution in [2.45, 2.75) is 32.8 Å². The first-order valence-electron chi connectivity index (χ1n) is 6.66. The number of likely N-dealkylation sites (tertiary alicyclic amines) is 1. The van der Waals surface area contributed by atoms with Gasteiger partial charge in [-0.1, -0.05) is 43.2 Å². The molecule has 0 saturated carbocycles. The Morgan fingerprint density at radius 2 is 2.06 bits per heavy atom. The molecule has 94 valence electrons. The van der Waals surface area contributed by atoms with Crippen molar-refractivity contribution < 1.29 is 5.11 Å². The highest BCUT2D eigenvalue weighted by Gasteiger charge is 2.23. The molecular formula is C15H23NO. The Hall–Kier alpha value is -0.860. The molecule has 2 nitrogen and oxygen atoms in total. The highest BCUT2D eigenvalue weighted by molar-refractivity contribution is 5.23. The van der Waals surface area contributed by atoms with E-state index in [1.54, 1.807) is 0 Å². The number of aliphatic hydroxyl groups excluding tert-OH is 1. The van der Waals surface area contributed by atoms with Crippen molar-refractivity contribution in [2.75, 3.05) is 19.6 Å². The van der Waals surface area contributed by atoms with Gasteiger partial charge in [-0.15, -0.1) is 0 Å². The Labute approximate surface area is 104 Å². The van der Waals surface area contributed by atoms with Gasteiger partial charge in [0, 0.05) is 13.1 Å². The lowest BCUT2D eigenvalue weighted by molar-refractivity contribution is 0.124. The molecule has 1 aromatic carbocycles. The van der Waals surface area contributed by atoms with Gasteiger partial charge in [-0.25, -0.2) is 0 Å². The van der Waals surface area contributed by atoms with E-state index in [1.165, 1.54) is 18.4 Å². The Morgan fingerprint density at radius 1 is 1.35 bits per heavy atom. The number of aryl methyl sites for hydroxylation is 1. The van der Waals surface area contributed by atoms with Gasteiger partial charge < -0.3 is 10.0 Å². The van der Waals surface area contributed by atoms with Crippen molar-refractivity contribution in [2.24, 2.45) is 5.92 Å². The Morgan fingerprint density at radius 3 is 2.65 bits per heavy atom. The van der Waals surface area contributed by atoms with Gasteiger partial charge in [-0.05, 0) is 31.4 Å². The Bertz CT molecular complexity index is 346. The average Bonchev–Trinajstić information content (AvgIpc) is 2.77. The van der Waals surface area contributed by atoms with Crippen molar-refractivity contribution in [3.63, 3.8) is 0 Å². The fourth-order valence-electron chi connectivity index (χ4n) is 2.55. The van der Waals surface area contributed by atoms with Crippen LogP contribution in [0.3, 0.4) is 0 Å². The second kappa shape index (κ2) is 5.65. The van der Waals surface area contributed by atoms with Crippen molar-refractivity contribution in [3.8, 4) is 0 Å². The van der Waals surface area contributed by atoms with Gasteiger partial charge in [0.15, 0.2) is 0 Å². The zero-order valence-corrected chi connectivity index (χ0v) is 10.9. The molecule has 17 heavy (non-hydrogen) atoms. The summed E-state index contributed by atoms with van der Waals surface area (Å²) in [6.07, 6.45) is 2.21. The van der Waals surface area contributed by atoms with Crippen molar-refractivity contribution in [3.05, 3.63) is 35.4 Å². The largest absolute Gasteiger partial charge is 0.387 e. The van der Waals surface area contributed by atoms with Gasteiger partial charge in [0.05, 0.1) is 6.10 Å². The van der Waals surface area contributed by atoms with Gasteiger partial charge in [-0.3, -0.25) is 0 Å². The molecule has 0 bridgehead atoms. The molecule has 2 heteroatoms. The van der Waals surface area contributed by atoms with Crippen LogP contribution >= 0.6 is 0 Å². The van der Waals surface area contributed by atoms with Gasteiger partial charge in [0.2, 0.25) is 0 Å². The first-order chi connectivity index (χ1) is 8.19. The summed E-state index contributed by atoms with van der Waals surface area (Å²) in [5.41, 5.74) is 2.28. The third kappa shape index (κ3) is 3.30. The first kappa shape index (κ1) is 12.6. The van der Waals surface area contributed by atoms with E-state index in [1.807, 2.05) is 12.1 Å². The molecule has 2 rings (SSSR count). The SMILES string of the molecule is CCC1CCN(CC(O)c2ccc(C)cc2)C1. The molecule has 1 N–H and O–H groups in total. The lowest BCUT2D eigenvalue weighted by Crippen LogP contribution is -2.26. The number of rotatable bonds is 4. The standard InChI is InChI=1S/C15H23NO/c1-3-13-8-9-16(10-13)11-15(17)14-6-4-12(2)5-7-14/h4-7,13,15,17H,3,8-11H2,1-2H3. The number of β-amino-alcohol motifs (C(OH)–C–C–N with tert-alkyl or cyclic N) is 1. The van der Waals surface area contributed by atoms with E-state index in [2.05, 4.69) is 30.9 Å². The smallest absolute Gasteiger partial charge is 0.0916 e. The van der Waals surface area contributed by atoms with Crippen LogP contribution in [-0.2, 0) is 0 Å². The number of nitrogens with zero attached hydrogens (tertiary/aromatic N) is 1. The van der Waals surface area contributed by atoms with Crippen LogP contribution in [0.1, 0.15) is 37.0 Å². The summed E-state index contributed by atoms with van der Waals surface area (Å²) in [5.74, 6) is 0.834. The van der Waals surface area contributed by atoms with E-state index in [-0.39, 0.29) is 6.10 Å².